The summed E-state index contributed by atoms with van der Waals surface area (Å²) in [5.41, 5.74) is 6.09. The highest BCUT2D eigenvalue weighted by molar-refractivity contribution is 5.84. The van der Waals surface area contributed by atoms with Crippen molar-refractivity contribution in [1.82, 2.24) is 10.9 Å². The Morgan fingerprint density at radius 2 is 1.21 bits per heavy atom. The molecule has 0 atom stereocenters. The number of unbranched alkanes of at least 4 members (excludes halogenated alkanes) is 2. The van der Waals surface area contributed by atoms with Crippen molar-refractivity contribution in [3.63, 3.8) is 0 Å². The first kappa shape index (κ1) is 25.2. The van der Waals surface area contributed by atoms with Gasteiger partial charge >= 0.3 is 0 Å². The molecule has 2 aromatic rings. The van der Waals surface area contributed by atoms with Crippen LogP contribution in [-0.2, 0) is 9.59 Å². The lowest BCUT2D eigenvalue weighted by molar-refractivity contribution is -0.121. The van der Waals surface area contributed by atoms with Crippen molar-refractivity contribution in [2.24, 2.45) is 10.2 Å². The predicted molar refractivity (Wildman–Crippen MR) is 124 cm³/mol. The Balaban J connectivity index is 1.59. The van der Waals surface area contributed by atoms with Crippen LogP contribution in [0.15, 0.2) is 46.6 Å². The number of nitrogens with one attached hydrogen (secondary N) is 2. The van der Waals surface area contributed by atoms with Gasteiger partial charge in [0.05, 0.1) is 26.6 Å². The van der Waals surface area contributed by atoms with Crippen LogP contribution >= 0.6 is 0 Å². The number of carbonyl (C=O) groups excluding carboxylic acids is 2. The Hall–Kier alpha value is -4.08. The van der Waals surface area contributed by atoms with Gasteiger partial charge in [-0.2, -0.15) is 10.2 Å². The van der Waals surface area contributed by atoms with Crippen LogP contribution in [0.4, 0.5) is 0 Å². The second-order valence-corrected chi connectivity index (χ2v) is 7.01. The lowest BCUT2D eigenvalue weighted by Gasteiger charge is -2.04. The molecular weight excluding hydrogens is 428 g/mol. The summed E-state index contributed by atoms with van der Waals surface area (Å²) in [5, 5.41) is 27.1. The molecule has 0 radical (unpaired) electrons. The number of phenols is 2. The van der Waals surface area contributed by atoms with E-state index in [1.807, 2.05) is 0 Å². The molecule has 33 heavy (non-hydrogen) atoms. The van der Waals surface area contributed by atoms with Gasteiger partial charge in [0.2, 0.25) is 11.8 Å². The van der Waals surface area contributed by atoms with E-state index in [1.165, 1.54) is 38.8 Å². The van der Waals surface area contributed by atoms with E-state index in [9.17, 15) is 19.8 Å². The number of hydrogen-bond donors (Lipinski definition) is 4. The number of methoxy groups -OCH3 is 2. The second kappa shape index (κ2) is 13.4. The van der Waals surface area contributed by atoms with Crippen LogP contribution in [0.1, 0.15) is 43.2 Å². The molecule has 0 unspecified atom stereocenters. The Morgan fingerprint density at radius 1 is 0.788 bits per heavy atom. The molecule has 0 aliphatic heterocycles. The molecule has 0 aromatic heterocycles. The molecule has 0 fully saturated rings. The standard InChI is InChI=1S/C23H28N4O6/c1-32-20-10-8-16(12-18(20)28)14-24-26-22(30)6-4-3-5-7-23(31)27-25-15-17-9-11-21(33-2)19(29)13-17/h8-15,28-29H,3-7H2,1-2H3,(H,26,30)(H,27,31)/b24-14+,25-15+. The Kier molecular flexibility index (Phi) is 10.2. The van der Waals surface area contributed by atoms with Crippen molar-refractivity contribution >= 4 is 24.2 Å². The number of ether oxygens (including phenoxy) is 2. The Bertz CT molecular complexity index is 927. The number of carbonyl (C=O) groups is 2. The van der Waals surface area contributed by atoms with Crippen molar-refractivity contribution < 1.29 is 29.3 Å². The van der Waals surface area contributed by atoms with Crippen molar-refractivity contribution in [1.29, 1.82) is 0 Å². The van der Waals surface area contributed by atoms with Gasteiger partial charge in [-0.3, -0.25) is 9.59 Å². The quantitative estimate of drug-likeness (QED) is 0.220. The average Bonchev–Trinajstić information content (AvgIpc) is 2.79. The zero-order chi connectivity index (χ0) is 24.1. The molecule has 0 spiro atoms. The number of hydrogen-bond acceptors (Lipinski definition) is 8. The Labute approximate surface area is 191 Å². The average molecular weight is 456 g/mol. The molecule has 0 heterocycles. The summed E-state index contributed by atoms with van der Waals surface area (Å²) in [4.78, 5) is 23.6. The molecule has 10 heteroatoms. The van der Waals surface area contributed by atoms with Crippen molar-refractivity contribution in [2.45, 2.75) is 32.1 Å². The zero-order valence-corrected chi connectivity index (χ0v) is 18.6. The van der Waals surface area contributed by atoms with E-state index in [0.717, 1.165) is 0 Å². The lowest BCUT2D eigenvalue weighted by Crippen LogP contribution is -2.18. The van der Waals surface area contributed by atoms with Crippen LogP contribution in [0.2, 0.25) is 0 Å². The smallest absolute Gasteiger partial charge is 0.240 e. The van der Waals surface area contributed by atoms with Gasteiger partial charge in [0.1, 0.15) is 0 Å². The summed E-state index contributed by atoms with van der Waals surface area (Å²) in [7, 11) is 2.92. The normalized spacial score (nSPS) is 11.0. The molecule has 4 N–H and O–H groups in total. The van der Waals surface area contributed by atoms with Crippen LogP contribution in [0.3, 0.4) is 0 Å². The van der Waals surface area contributed by atoms with Gasteiger partial charge in [0.15, 0.2) is 23.0 Å². The van der Waals surface area contributed by atoms with Crippen LogP contribution in [0.25, 0.3) is 0 Å². The van der Waals surface area contributed by atoms with E-state index < -0.39 is 0 Å². The molecular formula is C23H28N4O6. The van der Waals surface area contributed by atoms with Crippen LogP contribution in [0.5, 0.6) is 23.0 Å². The molecule has 2 rings (SSSR count). The fourth-order valence-corrected chi connectivity index (χ4v) is 2.79. The monoisotopic (exact) mass is 456 g/mol. The highest BCUT2D eigenvalue weighted by Crippen LogP contribution is 2.26. The number of rotatable bonds is 12. The van der Waals surface area contributed by atoms with Crippen LogP contribution in [-0.4, -0.2) is 48.7 Å². The second-order valence-electron chi connectivity index (χ2n) is 7.01. The molecule has 2 aromatic carbocycles. The minimum Gasteiger partial charge on any atom is -0.504 e. The summed E-state index contributed by atoms with van der Waals surface area (Å²) >= 11 is 0. The topological polar surface area (TPSA) is 142 Å². The third kappa shape index (κ3) is 8.90. The third-order valence-corrected chi connectivity index (χ3v) is 4.52. The van der Waals surface area contributed by atoms with E-state index in [-0.39, 0.29) is 36.2 Å². The summed E-state index contributed by atoms with van der Waals surface area (Å²) in [6.07, 6.45) is 5.36. The highest BCUT2D eigenvalue weighted by Gasteiger charge is 2.04. The van der Waals surface area contributed by atoms with E-state index in [0.29, 0.717) is 41.9 Å². The summed E-state index contributed by atoms with van der Waals surface area (Å²) in [5.74, 6) is 0.218. The molecule has 10 nitrogen and oxygen atoms in total. The number of amides is 2. The Morgan fingerprint density at radius 3 is 1.58 bits per heavy atom. The van der Waals surface area contributed by atoms with Crippen molar-refractivity contribution in [3.05, 3.63) is 47.5 Å². The van der Waals surface area contributed by atoms with Gasteiger partial charge in [-0.05, 0) is 60.4 Å². The van der Waals surface area contributed by atoms with E-state index in [1.54, 1.807) is 24.3 Å². The summed E-state index contributed by atoms with van der Waals surface area (Å²) in [6, 6.07) is 9.55. The number of nitrogens with zero attached hydrogens (tertiary/aromatic N) is 2. The van der Waals surface area contributed by atoms with Crippen molar-refractivity contribution in [3.8, 4) is 23.0 Å². The van der Waals surface area contributed by atoms with E-state index in [4.69, 9.17) is 9.47 Å². The summed E-state index contributed by atoms with van der Waals surface area (Å²) in [6.45, 7) is 0. The SMILES string of the molecule is COc1ccc(/C=N/NC(=O)CCCCCC(=O)N/N=C/c2ccc(OC)c(O)c2)cc1O. The number of phenolic OH excluding ortho intramolecular Hbond substituents is 2. The van der Waals surface area contributed by atoms with Crippen molar-refractivity contribution in [2.75, 3.05) is 14.2 Å². The first-order valence-corrected chi connectivity index (χ1v) is 10.3. The van der Waals surface area contributed by atoms with Crippen LogP contribution < -0.4 is 20.3 Å². The van der Waals surface area contributed by atoms with Gasteiger partial charge in [0, 0.05) is 12.8 Å². The maximum absolute atomic E-state index is 11.8. The molecule has 0 aliphatic carbocycles. The molecule has 0 aliphatic rings. The molecule has 176 valence electrons. The minimum atomic E-state index is -0.235. The third-order valence-electron chi connectivity index (χ3n) is 4.52. The van der Waals surface area contributed by atoms with Gasteiger partial charge in [0.25, 0.3) is 0 Å². The molecule has 0 bridgehead atoms. The number of hydrazone groups is 2. The van der Waals surface area contributed by atoms with E-state index in [2.05, 4.69) is 21.1 Å². The minimum absolute atomic E-state index is 0.0115. The fraction of sp³-hybridized carbons (Fsp3) is 0.304. The van der Waals surface area contributed by atoms with E-state index >= 15 is 0 Å². The highest BCUT2D eigenvalue weighted by atomic mass is 16.5. The lowest BCUT2D eigenvalue weighted by atomic mass is 10.1. The zero-order valence-electron chi connectivity index (χ0n) is 18.6. The van der Waals surface area contributed by atoms with Gasteiger partial charge in [-0.25, -0.2) is 10.9 Å². The largest absolute Gasteiger partial charge is 0.504 e. The first-order chi connectivity index (χ1) is 15.9. The maximum Gasteiger partial charge on any atom is 0.240 e. The number of aromatic hydroxyl groups is 2. The van der Waals surface area contributed by atoms with Gasteiger partial charge < -0.3 is 19.7 Å². The first-order valence-electron chi connectivity index (χ1n) is 10.3. The molecule has 0 saturated carbocycles. The maximum atomic E-state index is 11.8. The van der Waals surface area contributed by atoms with Gasteiger partial charge in [-0.15, -0.1) is 0 Å². The fourth-order valence-electron chi connectivity index (χ4n) is 2.79. The molecule has 2 amide bonds. The summed E-state index contributed by atoms with van der Waals surface area (Å²) < 4.78 is 9.92. The molecule has 0 saturated heterocycles. The predicted octanol–water partition coefficient (Wildman–Crippen LogP) is 2.67. The number of benzene rings is 2. The van der Waals surface area contributed by atoms with Gasteiger partial charge in [-0.1, -0.05) is 6.42 Å². The van der Waals surface area contributed by atoms with Crippen LogP contribution in [0, 0.1) is 0 Å².